The Balaban J connectivity index is 2.85. The molecule has 3 N–H and O–H groups in total. The molecule has 0 spiro atoms. The van der Waals surface area contributed by atoms with Gasteiger partial charge in [0.25, 0.3) is 11.6 Å². The summed E-state index contributed by atoms with van der Waals surface area (Å²) in [7, 11) is 0. The molecule has 0 unspecified atom stereocenters. The van der Waals surface area contributed by atoms with Crippen LogP contribution < -0.4 is 11.1 Å². The number of non-ortho nitro benzene ring substituents is 1. The monoisotopic (exact) mass is 279 g/mol. The summed E-state index contributed by atoms with van der Waals surface area (Å²) in [4.78, 5) is 22.3. The van der Waals surface area contributed by atoms with Gasteiger partial charge in [0.05, 0.1) is 4.92 Å². The molecule has 20 heavy (non-hydrogen) atoms. The van der Waals surface area contributed by atoms with Gasteiger partial charge in [0.1, 0.15) is 0 Å². The second kappa shape index (κ2) is 6.47. The van der Waals surface area contributed by atoms with Crippen molar-refractivity contribution in [2.24, 2.45) is 5.73 Å². The Morgan fingerprint density at radius 3 is 2.45 bits per heavy atom. The molecule has 0 saturated heterocycles. The summed E-state index contributed by atoms with van der Waals surface area (Å²) >= 11 is 0. The van der Waals surface area contributed by atoms with Crippen molar-refractivity contribution in [1.29, 1.82) is 0 Å². The molecule has 0 aliphatic rings. The number of hydrogen-bond acceptors (Lipinski definition) is 4. The number of nitro groups is 1. The first-order chi connectivity index (χ1) is 9.31. The summed E-state index contributed by atoms with van der Waals surface area (Å²) in [5.74, 6) is -0.339. The first kappa shape index (κ1) is 16.1. The predicted molar refractivity (Wildman–Crippen MR) is 77.7 cm³/mol. The zero-order valence-electron chi connectivity index (χ0n) is 12.1. The summed E-state index contributed by atoms with van der Waals surface area (Å²) in [6.07, 6.45) is 1.50. The Hall–Kier alpha value is -1.95. The minimum absolute atomic E-state index is 0.0832. The van der Waals surface area contributed by atoms with Crippen LogP contribution in [0.15, 0.2) is 18.2 Å². The zero-order valence-corrected chi connectivity index (χ0v) is 12.1. The van der Waals surface area contributed by atoms with E-state index < -0.39 is 10.5 Å². The average Bonchev–Trinajstić information content (AvgIpc) is 2.43. The molecule has 1 amide bonds. The summed E-state index contributed by atoms with van der Waals surface area (Å²) in [5.41, 5.74) is 6.54. The van der Waals surface area contributed by atoms with Crippen molar-refractivity contribution in [2.45, 2.75) is 39.2 Å². The van der Waals surface area contributed by atoms with Crippen LogP contribution in [-0.2, 0) is 0 Å². The van der Waals surface area contributed by atoms with Crippen LogP contribution in [0.3, 0.4) is 0 Å². The van der Waals surface area contributed by atoms with Gasteiger partial charge in [-0.1, -0.05) is 13.8 Å². The van der Waals surface area contributed by atoms with Gasteiger partial charge >= 0.3 is 0 Å². The van der Waals surface area contributed by atoms with E-state index in [4.69, 9.17) is 5.73 Å². The van der Waals surface area contributed by atoms with Crippen LogP contribution in [0.1, 0.15) is 42.6 Å². The highest BCUT2D eigenvalue weighted by molar-refractivity contribution is 5.95. The van der Waals surface area contributed by atoms with Gasteiger partial charge in [-0.25, -0.2) is 0 Å². The fraction of sp³-hybridized carbons (Fsp3) is 0.500. The minimum atomic E-state index is -0.505. The van der Waals surface area contributed by atoms with E-state index >= 15 is 0 Å². The third-order valence-corrected chi connectivity index (χ3v) is 3.54. The van der Waals surface area contributed by atoms with Crippen molar-refractivity contribution in [3.05, 3.63) is 39.4 Å². The number of benzene rings is 1. The number of rotatable bonds is 6. The number of hydrogen-bond donors (Lipinski definition) is 2. The van der Waals surface area contributed by atoms with E-state index in [1.54, 1.807) is 13.0 Å². The smallest absolute Gasteiger partial charge is 0.270 e. The molecule has 110 valence electrons. The Labute approximate surface area is 118 Å². The lowest BCUT2D eigenvalue weighted by Crippen LogP contribution is -2.49. The Morgan fingerprint density at radius 2 is 1.95 bits per heavy atom. The lowest BCUT2D eigenvalue weighted by atomic mass is 9.94. The Kier molecular flexibility index (Phi) is 5.21. The summed E-state index contributed by atoms with van der Waals surface area (Å²) < 4.78 is 0. The highest BCUT2D eigenvalue weighted by Gasteiger charge is 2.22. The number of nitro benzene ring substituents is 1. The summed E-state index contributed by atoms with van der Waals surface area (Å²) in [6, 6.07) is 4.33. The van der Waals surface area contributed by atoms with E-state index in [0.717, 1.165) is 12.8 Å². The molecule has 1 rings (SSSR count). The molecule has 0 heterocycles. The molecule has 0 aromatic heterocycles. The lowest BCUT2D eigenvalue weighted by molar-refractivity contribution is -0.384. The van der Waals surface area contributed by atoms with Crippen molar-refractivity contribution in [3.8, 4) is 0 Å². The van der Waals surface area contributed by atoms with Crippen LogP contribution in [0.2, 0.25) is 0 Å². The van der Waals surface area contributed by atoms with Crippen molar-refractivity contribution in [2.75, 3.05) is 6.54 Å². The fourth-order valence-electron chi connectivity index (χ4n) is 1.86. The first-order valence-electron chi connectivity index (χ1n) is 6.64. The van der Waals surface area contributed by atoms with E-state index in [-0.39, 0.29) is 17.2 Å². The summed E-state index contributed by atoms with van der Waals surface area (Å²) in [6.45, 7) is 6.00. The van der Waals surface area contributed by atoms with Gasteiger partial charge in [0.15, 0.2) is 0 Å². The topological polar surface area (TPSA) is 98.3 Å². The molecular formula is C14H21N3O3. The molecule has 0 aliphatic carbocycles. The Morgan fingerprint density at radius 1 is 1.35 bits per heavy atom. The first-order valence-corrected chi connectivity index (χ1v) is 6.64. The quantitative estimate of drug-likeness (QED) is 0.615. The van der Waals surface area contributed by atoms with Crippen LogP contribution in [0, 0.1) is 17.0 Å². The van der Waals surface area contributed by atoms with E-state index in [1.165, 1.54) is 12.1 Å². The second-order valence-electron chi connectivity index (χ2n) is 5.07. The Bertz CT molecular complexity index is 510. The number of carbonyl (C=O) groups is 1. The van der Waals surface area contributed by atoms with Crippen LogP contribution >= 0.6 is 0 Å². The molecule has 1 aromatic carbocycles. The molecule has 6 nitrogen and oxygen atoms in total. The standard InChI is InChI=1S/C14H21N3O3/c1-4-14(15,5-2)9-16-13(18)11-6-10(3)7-12(8-11)17(19)20/h6-8H,4-5,9,15H2,1-3H3,(H,16,18). The molecule has 0 saturated carbocycles. The maximum absolute atomic E-state index is 12.1. The lowest BCUT2D eigenvalue weighted by Gasteiger charge is -2.26. The van der Waals surface area contributed by atoms with Gasteiger partial charge in [-0.05, 0) is 31.4 Å². The molecule has 1 aromatic rings. The van der Waals surface area contributed by atoms with Gasteiger partial charge in [0, 0.05) is 29.8 Å². The molecule has 6 heteroatoms. The molecule has 0 bridgehead atoms. The number of aryl methyl sites for hydroxylation is 1. The van der Waals surface area contributed by atoms with Crippen LogP contribution in [0.4, 0.5) is 5.69 Å². The normalized spacial score (nSPS) is 11.2. The number of nitrogens with two attached hydrogens (primary N) is 1. The van der Waals surface area contributed by atoms with Crippen LogP contribution in [-0.4, -0.2) is 22.9 Å². The highest BCUT2D eigenvalue weighted by Crippen LogP contribution is 2.17. The third-order valence-electron chi connectivity index (χ3n) is 3.54. The van der Waals surface area contributed by atoms with Crippen molar-refractivity contribution in [3.63, 3.8) is 0 Å². The fourth-order valence-corrected chi connectivity index (χ4v) is 1.86. The minimum Gasteiger partial charge on any atom is -0.350 e. The van der Waals surface area contributed by atoms with Crippen LogP contribution in [0.5, 0.6) is 0 Å². The van der Waals surface area contributed by atoms with Crippen molar-refractivity contribution < 1.29 is 9.72 Å². The van der Waals surface area contributed by atoms with E-state index in [9.17, 15) is 14.9 Å². The van der Waals surface area contributed by atoms with Crippen molar-refractivity contribution in [1.82, 2.24) is 5.32 Å². The number of carbonyl (C=O) groups excluding carboxylic acids is 1. The van der Waals surface area contributed by atoms with Crippen LogP contribution in [0.25, 0.3) is 0 Å². The molecule has 0 atom stereocenters. The molecular weight excluding hydrogens is 258 g/mol. The summed E-state index contributed by atoms with van der Waals surface area (Å²) in [5, 5.41) is 13.5. The molecule has 0 aliphatic heterocycles. The number of nitrogens with one attached hydrogen (secondary N) is 1. The largest absolute Gasteiger partial charge is 0.350 e. The number of nitrogens with zero attached hydrogens (tertiary/aromatic N) is 1. The molecule has 0 fully saturated rings. The zero-order chi connectivity index (χ0) is 15.3. The maximum Gasteiger partial charge on any atom is 0.270 e. The van der Waals surface area contributed by atoms with Gasteiger partial charge in [-0.15, -0.1) is 0 Å². The third kappa shape index (κ3) is 4.03. The number of amides is 1. The van der Waals surface area contributed by atoms with E-state index in [1.807, 2.05) is 13.8 Å². The predicted octanol–water partition coefficient (Wildman–Crippen LogP) is 2.15. The maximum atomic E-state index is 12.1. The molecule has 0 radical (unpaired) electrons. The van der Waals surface area contributed by atoms with E-state index in [2.05, 4.69) is 5.32 Å². The average molecular weight is 279 g/mol. The van der Waals surface area contributed by atoms with Crippen molar-refractivity contribution >= 4 is 11.6 Å². The van der Waals surface area contributed by atoms with Gasteiger partial charge in [-0.2, -0.15) is 0 Å². The van der Waals surface area contributed by atoms with Gasteiger partial charge in [0.2, 0.25) is 0 Å². The van der Waals surface area contributed by atoms with E-state index in [0.29, 0.717) is 12.1 Å². The SMILES string of the molecule is CCC(N)(CC)CNC(=O)c1cc(C)cc([N+](=O)[O-])c1. The van der Waals surface area contributed by atoms with Gasteiger partial charge in [-0.3, -0.25) is 14.9 Å². The van der Waals surface area contributed by atoms with Gasteiger partial charge < -0.3 is 11.1 Å². The highest BCUT2D eigenvalue weighted by atomic mass is 16.6. The second-order valence-corrected chi connectivity index (χ2v) is 5.07.